The van der Waals surface area contributed by atoms with Crippen LogP contribution < -0.4 is 0 Å². The third-order valence-electron chi connectivity index (χ3n) is 3.36. The lowest BCUT2D eigenvalue weighted by molar-refractivity contribution is 0.421. The van der Waals surface area contributed by atoms with E-state index < -0.39 is 0 Å². The summed E-state index contributed by atoms with van der Waals surface area (Å²) in [4.78, 5) is 0. The van der Waals surface area contributed by atoms with Gasteiger partial charge in [-0.2, -0.15) is 0 Å². The zero-order chi connectivity index (χ0) is 8.55. The van der Waals surface area contributed by atoms with Crippen molar-refractivity contribution in [1.82, 2.24) is 0 Å². The topological polar surface area (TPSA) is 0 Å². The van der Waals surface area contributed by atoms with Crippen LogP contribution in [0.3, 0.4) is 0 Å². The molecule has 66 valence electrons. The van der Waals surface area contributed by atoms with E-state index in [2.05, 4.69) is 26.0 Å². The van der Waals surface area contributed by atoms with E-state index in [1.807, 2.05) is 0 Å². The van der Waals surface area contributed by atoms with Crippen LogP contribution >= 0.6 is 0 Å². The van der Waals surface area contributed by atoms with Crippen molar-refractivity contribution in [3.8, 4) is 0 Å². The molecule has 0 aliphatic heterocycles. The fourth-order valence-corrected chi connectivity index (χ4v) is 2.54. The molecule has 3 aliphatic carbocycles. The second kappa shape index (κ2) is 3.08. The molecule has 0 nitrogen and oxygen atoms in total. The monoisotopic (exact) mass is 162 g/mol. The average molecular weight is 162 g/mol. The van der Waals surface area contributed by atoms with Crippen LogP contribution in [0.2, 0.25) is 0 Å². The summed E-state index contributed by atoms with van der Waals surface area (Å²) >= 11 is 0. The van der Waals surface area contributed by atoms with Crippen molar-refractivity contribution in [3.63, 3.8) is 0 Å². The molecule has 0 N–H and O–H groups in total. The van der Waals surface area contributed by atoms with Crippen LogP contribution in [0.1, 0.15) is 39.5 Å². The summed E-state index contributed by atoms with van der Waals surface area (Å²) in [5.41, 5.74) is 3.25. The average Bonchev–Trinajstić information content (AvgIpc) is 1.99. The summed E-state index contributed by atoms with van der Waals surface area (Å²) < 4.78 is 0. The fraction of sp³-hybridized carbons (Fsp3) is 0.667. The number of hydrogen-bond acceptors (Lipinski definition) is 0. The highest BCUT2D eigenvalue weighted by Crippen LogP contribution is 2.36. The molecule has 0 aromatic heterocycles. The van der Waals surface area contributed by atoms with Crippen LogP contribution in [-0.4, -0.2) is 0 Å². The van der Waals surface area contributed by atoms with Crippen molar-refractivity contribution in [3.05, 3.63) is 23.3 Å². The van der Waals surface area contributed by atoms with E-state index in [1.54, 1.807) is 11.1 Å². The van der Waals surface area contributed by atoms with Gasteiger partial charge < -0.3 is 0 Å². The van der Waals surface area contributed by atoms with E-state index >= 15 is 0 Å². The second-order valence-electron chi connectivity index (χ2n) is 4.44. The van der Waals surface area contributed by atoms with Gasteiger partial charge in [0.05, 0.1) is 0 Å². The predicted molar refractivity (Wildman–Crippen MR) is 53.0 cm³/mol. The van der Waals surface area contributed by atoms with Gasteiger partial charge in [0.15, 0.2) is 0 Å². The van der Waals surface area contributed by atoms with Crippen LogP contribution in [0, 0.1) is 11.8 Å². The number of fused-ring (bicyclic) bond motifs is 3. The largest absolute Gasteiger partial charge is 0.0850 e. The molecule has 0 amide bonds. The Morgan fingerprint density at radius 3 is 2.83 bits per heavy atom. The molecule has 3 aliphatic rings. The Labute approximate surface area is 75.4 Å². The Bertz CT molecular complexity index is 232. The molecule has 0 heterocycles. The second-order valence-corrected chi connectivity index (χ2v) is 4.44. The van der Waals surface area contributed by atoms with Crippen molar-refractivity contribution in [2.24, 2.45) is 11.8 Å². The summed E-state index contributed by atoms with van der Waals surface area (Å²) in [7, 11) is 0. The van der Waals surface area contributed by atoms with Gasteiger partial charge in [-0.05, 0) is 51.4 Å². The molecular formula is C12H18. The molecule has 12 heavy (non-hydrogen) atoms. The van der Waals surface area contributed by atoms with Gasteiger partial charge in [-0.15, -0.1) is 0 Å². The molecule has 0 spiro atoms. The highest BCUT2D eigenvalue weighted by Gasteiger charge is 2.21. The van der Waals surface area contributed by atoms with Gasteiger partial charge in [0, 0.05) is 0 Å². The third kappa shape index (κ3) is 1.48. The molecule has 0 heteroatoms. The lowest BCUT2D eigenvalue weighted by Gasteiger charge is -2.29. The van der Waals surface area contributed by atoms with Crippen molar-refractivity contribution in [2.75, 3.05) is 0 Å². The Hall–Kier alpha value is -0.520. The first-order chi connectivity index (χ1) is 5.75. The first-order valence-electron chi connectivity index (χ1n) is 5.09. The SMILES string of the molecule is CC1=C[C@H]2CC[C@@H]1C/C=C(/C)C2. The molecule has 3 rings (SSSR count). The van der Waals surface area contributed by atoms with E-state index in [0.29, 0.717) is 0 Å². The highest BCUT2D eigenvalue weighted by molar-refractivity contribution is 5.17. The first kappa shape index (κ1) is 8.10. The molecule has 2 bridgehead atoms. The number of hydrogen-bond donors (Lipinski definition) is 0. The maximum Gasteiger partial charge on any atom is -0.0171 e. The van der Waals surface area contributed by atoms with E-state index in [4.69, 9.17) is 0 Å². The van der Waals surface area contributed by atoms with Gasteiger partial charge in [0.25, 0.3) is 0 Å². The van der Waals surface area contributed by atoms with Crippen LogP contribution in [-0.2, 0) is 0 Å². The van der Waals surface area contributed by atoms with E-state index in [1.165, 1.54) is 25.7 Å². The standard InChI is InChI=1S/C12H18/c1-9-3-5-12-6-4-11(7-9)8-10(12)2/h3,8,11-12H,4-7H2,1-2H3/b9-3-/t11-,12-/m0/s1. The van der Waals surface area contributed by atoms with Crippen LogP contribution in [0.25, 0.3) is 0 Å². The molecule has 2 atom stereocenters. The Morgan fingerprint density at radius 1 is 1.25 bits per heavy atom. The van der Waals surface area contributed by atoms with Crippen molar-refractivity contribution in [1.29, 1.82) is 0 Å². The van der Waals surface area contributed by atoms with Crippen molar-refractivity contribution >= 4 is 0 Å². The normalized spacial score (nSPS) is 39.5. The molecule has 0 aromatic carbocycles. The zero-order valence-corrected chi connectivity index (χ0v) is 8.14. The summed E-state index contributed by atoms with van der Waals surface area (Å²) in [6, 6.07) is 0. The van der Waals surface area contributed by atoms with Gasteiger partial charge in [-0.1, -0.05) is 23.3 Å². The Kier molecular flexibility index (Phi) is 2.08. The molecule has 0 radical (unpaired) electrons. The molecule has 0 saturated heterocycles. The smallest absolute Gasteiger partial charge is 0.0171 e. The third-order valence-corrected chi connectivity index (χ3v) is 3.36. The predicted octanol–water partition coefficient (Wildman–Crippen LogP) is 3.70. The van der Waals surface area contributed by atoms with Crippen LogP contribution in [0.4, 0.5) is 0 Å². The van der Waals surface area contributed by atoms with E-state index in [-0.39, 0.29) is 0 Å². The number of rotatable bonds is 0. The maximum absolute atomic E-state index is 2.52. The molecule has 0 saturated carbocycles. The Morgan fingerprint density at radius 2 is 2.08 bits per heavy atom. The lowest BCUT2D eigenvalue weighted by Crippen LogP contribution is -2.15. The summed E-state index contributed by atoms with van der Waals surface area (Å²) in [6.07, 6.45) is 10.4. The van der Waals surface area contributed by atoms with Gasteiger partial charge >= 0.3 is 0 Å². The molecule has 0 fully saturated rings. The highest BCUT2D eigenvalue weighted by atomic mass is 14.3. The van der Waals surface area contributed by atoms with Crippen LogP contribution in [0.5, 0.6) is 0 Å². The maximum atomic E-state index is 2.52. The summed E-state index contributed by atoms with van der Waals surface area (Å²) in [5, 5.41) is 0. The van der Waals surface area contributed by atoms with Crippen molar-refractivity contribution in [2.45, 2.75) is 39.5 Å². The van der Waals surface area contributed by atoms with Gasteiger partial charge in [0.1, 0.15) is 0 Å². The Balaban J connectivity index is 2.23. The molecule has 0 aromatic rings. The van der Waals surface area contributed by atoms with Crippen LogP contribution in [0.15, 0.2) is 23.3 Å². The number of allylic oxidation sites excluding steroid dienone is 4. The van der Waals surface area contributed by atoms with E-state index in [0.717, 1.165) is 11.8 Å². The molecular weight excluding hydrogens is 144 g/mol. The minimum Gasteiger partial charge on any atom is -0.0850 e. The summed E-state index contributed by atoms with van der Waals surface area (Å²) in [6.45, 7) is 4.59. The van der Waals surface area contributed by atoms with Gasteiger partial charge in [-0.25, -0.2) is 0 Å². The quantitative estimate of drug-likeness (QED) is 0.476. The minimum absolute atomic E-state index is 0.859. The fourth-order valence-electron chi connectivity index (χ4n) is 2.54. The zero-order valence-electron chi connectivity index (χ0n) is 8.14. The van der Waals surface area contributed by atoms with Crippen molar-refractivity contribution < 1.29 is 0 Å². The molecule has 0 unspecified atom stereocenters. The first-order valence-corrected chi connectivity index (χ1v) is 5.09. The van der Waals surface area contributed by atoms with Gasteiger partial charge in [0.2, 0.25) is 0 Å². The minimum atomic E-state index is 0.859. The van der Waals surface area contributed by atoms with Gasteiger partial charge in [-0.3, -0.25) is 0 Å². The summed E-state index contributed by atoms with van der Waals surface area (Å²) in [5.74, 6) is 1.73. The lowest BCUT2D eigenvalue weighted by atomic mass is 9.76. The van der Waals surface area contributed by atoms with E-state index in [9.17, 15) is 0 Å².